The first-order valence-electron chi connectivity index (χ1n) is 9.21. The third-order valence-corrected chi connectivity index (χ3v) is 6.03. The molecule has 1 spiro atoms. The highest BCUT2D eigenvalue weighted by molar-refractivity contribution is 5.93. The van der Waals surface area contributed by atoms with Crippen LogP contribution in [0.4, 0.5) is 0 Å². The molecule has 25 heavy (non-hydrogen) atoms. The molecule has 0 saturated heterocycles. The second kappa shape index (κ2) is 5.94. The first-order chi connectivity index (χ1) is 12.1. The van der Waals surface area contributed by atoms with Gasteiger partial charge in [0.25, 0.3) is 0 Å². The fourth-order valence-corrected chi connectivity index (χ4v) is 4.89. The van der Waals surface area contributed by atoms with Gasteiger partial charge in [0.15, 0.2) is 0 Å². The molecule has 4 rings (SSSR count). The van der Waals surface area contributed by atoms with E-state index in [4.69, 9.17) is 0 Å². The topological polar surface area (TPSA) is 54.9 Å². The molecule has 0 bridgehead atoms. The van der Waals surface area contributed by atoms with Crippen LogP contribution in [0.25, 0.3) is 0 Å². The van der Waals surface area contributed by atoms with Crippen LogP contribution < -0.4 is 5.32 Å². The van der Waals surface area contributed by atoms with Crippen LogP contribution in [0.15, 0.2) is 36.4 Å². The zero-order chi connectivity index (χ0) is 17.5. The number of rotatable bonds is 4. The minimum absolute atomic E-state index is 0.142. The molecule has 2 aliphatic carbocycles. The van der Waals surface area contributed by atoms with E-state index in [1.54, 1.807) is 0 Å². The first-order valence-corrected chi connectivity index (χ1v) is 9.21. The summed E-state index contributed by atoms with van der Waals surface area (Å²) >= 11 is 0. The molecule has 1 aromatic heterocycles. The van der Waals surface area contributed by atoms with Gasteiger partial charge in [0.05, 0.1) is 12.0 Å². The third-order valence-electron chi connectivity index (χ3n) is 6.03. The molecule has 1 N–H and O–H groups in total. The largest absolute Gasteiger partial charge is 0.348 e. The van der Waals surface area contributed by atoms with Crippen molar-refractivity contribution in [2.45, 2.75) is 57.9 Å². The van der Waals surface area contributed by atoms with Crippen molar-refractivity contribution in [1.82, 2.24) is 15.3 Å². The zero-order valence-electron chi connectivity index (χ0n) is 15.0. The maximum absolute atomic E-state index is 13.3. The molecular formula is C21H25N3O. The van der Waals surface area contributed by atoms with Gasteiger partial charge in [0.2, 0.25) is 5.91 Å². The second-order valence-electron chi connectivity index (χ2n) is 7.69. The van der Waals surface area contributed by atoms with E-state index in [1.165, 1.54) is 12.8 Å². The Labute approximate surface area is 149 Å². The van der Waals surface area contributed by atoms with Crippen LogP contribution in [0.2, 0.25) is 0 Å². The molecule has 1 amide bonds. The predicted molar refractivity (Wildman–Crippen MR) is 97.0 cm³/mol. The monoisotopic (exact) mass is 335 g/mol. The van der Waals surface area contributed by atoms with E-state index in [2.05, 4.69) is 27.4 Å². The van der Waals surface area contributed by atoms with Crippen LogP contribution in [0.5, 0.6) is 0 Å². The van der Waals surface area contributed by atoms with Crippen molar-refractivity contribution >= 4 is 5.91 Å². The lowest BCUT2D eigenvalue weighted by molar-refractivity contribution is -0.124. The molecule has 0 unspecified atom stereocenters. The number of carbonyl (C=O) groups is 1. The van der Waals surface area contributed by atoms with Gasteiger partial charge in [-0.2, -0.15) is 0 Å². The van der Waals surface area contributed by atoms with Gasteiger partial charge in [-0.25, -0.2) is 9.97 Å². The Hall–Kier alpha value is -2.23. The van der Waals surface area contributed by atoms with Crippen LogP contribution in [-0.2, 0) is 16.8 Å². The zero-order valence-corrected chi connectivity index (χ0v) is 15.0. The predicted octanol–water partition coefficient (Wildman–Crippen LogP) is 3.61. The lowest BCUT2D eigenvalue weighted by Crippen LogP contribution is -2.38. The van der Waals surface area contributed by atoms with Gasteiger partial charge in [-0.15, -0.1) is 0 Å². The number of nitrogens with zero attached hydrogens (tertiary/aromatic N) is 2. The van der Waals surface area contributed by atoms with Crippen molar-refractivity contribution < 1.29 is 4.79 Å². The van der Waals surface area contributed by atoms with E-state index in [1.807, 2.05) is 38.1 Å². The normalized spacial score (nSPS) is 23.6. The second-order valence-corrected chi connectivity index (χ2v) is 7.69. The highest BCUT2D eigenvalue weighted by atomic mass is 16.2. The Morgan fingerprint density at radius 2 is 1.72 bits per heavy atom. The van der Waals surface area contributed by atoms with Crippen LogP contribution in [0.3, 0.4) is 0 Å². The van der Waals surface area contributed by atoms with Gasteiger partial charge in [-0.3, -0.25) is 4.79 Å². The molecule has 0 radical (unpaired) electrons. The van der Waals surface area contributed by atoms with Gasteiger partial charge in [0, 0.05) is 11.4 Å². The summed E-state index contributed by atoms with van der Waals surface area (Å²) in [6, 6.07) is 12.3. The number of hydrogen-bond donors (Lipinski definition) is 1. The summed E-state index contributed by atoms with van der Waals surface area (Å²) in [4.78, 5) is 22.2. The molecule has 1 atom stereocenters. The summed E-state index contributed by atoms with van der Waals surface area (Å²) in [7, 11) is 0. The van der Waals surface area contributed by atoms with E-state index < -0.39 is 0 Å². The average molecular weight is 335 g/mol. The molecule has 0 aliphatic heterocycles. The molecule has 1 heterocycles. The number of carbonyl (C=O) groups excluding carboxylic acids is 1. The van der Waals surface area contributed by atoms with Crippen LogP contribution in [0.1, 0.15) is 54.9 Å². The Balaban J connectivity index is 1.58. The number of hydrogen-bond acceptors (Lipinski definition) is 3. The minimum atomic E-state index is -0.358. The lowest BCUT2D eigenvalue weighted by atomic mass is 9.84. The number of benzene rings is 1. The van der Waals surface area contributed by atoms with Crippen molar-refractivity contribution in [1.29, 1.82) is 0 Å². The van der Waals surface area contributed by atoms with Gasteiger partial charge in [-0.05, 0) is 50.2 Å². The molecule has 4 heteroatoms. The standard InChI is InChI=1S/C21H25N3O/c1-15-12-16(2)24-18(23-15)13-22-19(25)21(17-8-4-3-5-9-17)14-20(21)10-6-7-11-20/h3-5,8-9,12H,6-7,10-11,13-14H2,1-2H3,(H,22,25)/t21-/m0/s1. The van der Waals surface area contributed by atoms with Crippen molar-refractivity contribution in [2.24, 2.45) is 5.41 Å². The Bertz CT molecular complexity index is 776. The molecule has 2 saturated carbocycles. The Kier molecular flexibility index (Phi) is 3.86. The van der Waals surface area contributed by atoms with Gasteiger partial charge in [0.1, 0.15) is 5.82 Å². The van der Waals surface area contributed by atoms with Gasteiger partial charge < -0.3 is 5.32 Å². The summed E-state index contributed by atoms with van der Waals surface area (Å²) in [5.41, 5.74) is 2.85. The summed E-state index contributed by atoms with van der Waals surface area (Å²) in [5, 5.41) is 3.14. The summed E-state index contributed by atoms with van der Waals surface area (Å²) in [6.45, 7) is 4.31. The van der Waals surface area contributed by atoms with E-state index in [0.29, 0.717) is 12.4 Å². The molecule has 130 valence electrons. The van der Waals surface area contributed by atoms with Crippen LogP contribution in [0, 0.1) is 19.3 Å². The van der Waals surface area contributed by atoms with E-state index in [9.17, 15) is 4.79 Å². The van der Waals surface area contributed by atoms with E-state index >= 15 is 0 Å². The quantitative estimate of drug-likeness (QED) is 0.928. The smallest absolute Gasteiger partial charge is 0.231 e. The van der Waals surface area contributed by atoms with E-state index in [0.717, 1.165) is 36.2 Å². The Morgan fingerprint density at radius 1 is 1.08 bits per heavy atom. The average Bonchev–Trinajstić information content (AvgIpc) is 3.00. The Morgan fingerprint density at radius 3 is 2.36 bits per heavy atom. The molecule has 4 nitrogen and oxygen atoms in total. The minimum Gasteiger partial charge on any atom is -0.348 e. The number of nitrogens with one attached hydrogen (secondary N) is 1. The molecule has 2 fully saturated rings. The number of amides is 1. The van der Waals surface area contributed by atoms with Gasteiger partial charge >= 0.3 is 0 Å². The summed E-state index contributed by atoms with van der Waals surface area (Å²) in [6.07, 6.45) is 5.78. The maximum Gasteiger partial charge on any atom is 0.231 e. The van der Waals surface area contributed by atoms with Crippen molar-refractivity contribution in [3.63, 3.8) is 0 Å². The van der Waals surface area contributed by atoms with Crippen LogP contribution >= 0.6 is 0 Å². The van der Waals surface area contributed by atoms with Crippen molar-refractivity contribution in [3.05, 3.63) is 59.2 Å². The number of aromatic nitrogens is 2. The fraction of sp³-hybridized carbons (Fsp3) is 0.476. The first kappa shape index (κ1) is 16.2. The van der Waals surface area contributed by atoms with Crippen molar-refractivity contribution in [2.75, 3.05) is 0 Å². The highest BCUT2D eigenvalue weighted by Crippen LogP contribution is 2.72. The van der Waals surface area contributed by atoms with Gasteiger partial charge in [-0.1, -0.05) is 43.2 Å². The molecule has 2 aromatic rings. The summed E-state index contributed by atoms with van der Waals surface area (Å²) < 4.78 is 0. The fourth-order valence-electron chi connectivity index (χ4n) is 4.89. The third kappa shape index (κ3) is 2.64. The molecule has 2 aliphatic rings. The summed E-state index contributed by atoms with van der Waals surface area (Å²) in [5.74, 6) is 0.832. The van der Waals surface area contributed by atoms with Crippen molar-refractivity contribution in [3.8, 4) is 0 Å². The maximum atomic E-state index is 13.3. The van der Waals surface area contributed by atoms with E-state index in [-0.39, 0.29) is 16.7 Å². The lowest BCUT2D eigenvalue weighted by Gasteiger charge is -2.22. The number of aryl methyl sites for hydroxylation is 2. The highest BCUT2D eigenvalue weighted by Gasteiger charge is 2.72. The molecular weight excluding hydrogens is 310 g/mol. The molecule has 1 aromatic carbocycles. The van der Waals surface area contributed by atoms with Crippen LogP contribution in [-0.4, -0.2) is 15.9 Å². The SMILES string of the molecule is Cc1cc(C)nc(CNC(=O)[C@@]2(c3ccccc3)CC23CCCC3)n1.